The van der Waals surface area contributed by atoms with Gasteiger partial charge in [-0.3, -0.25) is 9.59 Å². The number of nitrogens with zero attached hydrogens (tertiary/aromatic N) is 1. The summed E-state index contributed by atoms with van der Waals surface area (Å²) in [4.78, 5) is 26.3. The van der Waals surface area contributed by atoms with Crippen LogP contribution in [0.1, 0.15) is 19.1 Å². The van der Waals surface area contributed by atoms with Crippen molar-refractivity contribution in [2.24, 2.45) is 5.92 Å². The zero-order chi connectivity index (χ0) is 16.9. The van der Waals surface area contributed by atoms with Gasteiger partial charge in [0, 0.05) is 13.0 Å². The largest absolute Gasteiger partial charge is 0.492 e. The van der Waals surface area contributed by atoms with Crippen LogP contribution in [-0.2, 0) is 16.1 Å². The maximum Gasteiger partial charge on any atom is 0.229 e. The van der Waals surface area contributed by atoms with E-state index in [9.17, 15) is 9.59 Å². The first-order valence-corrected chi connectivity index (χ1v) is 8.00. The quantitative estimate of drug-likeness (QED) is 0.885. The number of benzene rings is 1. The third-order valence-electron chi connectivity index (χ3n) is 3.96. The Morgan fingerprint density at radius 3 is 2.92 bits per heavy atom. The molecule has 2 amide bonds. The molecule has 1 atom stereocenters. The lowest BCUT2D eigenvalue weighted by molar-refractivity contribution is -0.128. The Balaban J connectivity index is 1.63. The predicted molar refractivity (Wildman–Crippen MR) is 88.5 cm³/mol. The molecular weight excluding hydrogens is 308 g/mol. The van der Waals surface area contributed by atoms with Crippen molar-refractivity contribution in [3.05, 3.63) is 48.4 Å². The van der Waals surface area contributed by atoms with E-state index in [2.05, 4.69) is 5.32 Å². The number of carbonyl (C=O) groups is 2. The van der Waals surface area contributed by atoms with E-state index in [1.165, 1.54) is 0 Å². The number of nitrogens with one attached hydrogen (secondary N) is 1. The third-order valence-corrected chi connectivity index (χ3v) is 3.96. The number of furan rings is 1. The van der Waals surface area contributed by atoms with Crippen molar-refractivity contribution in [1.29, 1.82) is 0 Å². The molecule has 1 fully saturated rings. The Kier molecular flexibility index (Phi) is 4.84. The molecule has 1 aromatic heterocycles. The Bertz CT molecular complexity index is 712. The monoisotopic (exact) mass is 328 g/mol. The number of para-hydroxylation sites is 2. The molecule has 1 aromatic carbocycles. The second-order valence-corrected chi connectivity index (χ2v) is 5.67. The number of ether oxygens (including phenoxy) is 1. The van der Waals surface area contributed by atoms with Crippen molar-refractivity contribution < 1.29 is 18.7 Å². The summed E-state index contributed by atoms with van der Waals surface area (Å²) in [7, 11) is 0. The smallest absolute Gasteiger partial charge is 0.229 e. The summed E-state index contributed by atoms with van der Waals surface area (Å²) in [6.45, 7) is 3.19. The van der Waals surface area contributed by atoms with E-state index in [4.69, 9.17) is 9.15 Å². The fraction of sp³-hybridized carbons (Fsp3) is 0.333. The van der Waals surface area contributed by atoms with Crippen LogP contribution < -0.4 is 10.1 Å². The number of hydrogen-bond acceptors (Lipinski definition) is 4. The van der Waals surface area contributed by atoms with Gasteiger partial charge >= 0.3 is 0 Å². The first-order valence-electron chi connectivity index (χ1n) is 8.00. The summed E-state index contributed by atoms with van der Waals surface area (Å²) in [5, 5.41) is 2.87. The number of carbonyl (C=O) groups excluding carboxylic acids is 2. The molecule has 126 valence electrons. The normalized spacial score (nSPS) is 17.1. The highest BCUT2D eigenvalue weighted by Crippen LogP contribution is 2.26. The van der Waals surface area contributed by atoms with Gasteiger partial charge in [0.15, 0.2) is 0 Å². The molecule has 3 rings (SSSR count). The van der Waals surface area contributed by atoms with E-state index in [-0.39, 0.29) is 24.2 Å². The molecule has 0 aliphatic carbocycles. The number of likely N-dealkylation sites (tertiary alicyclic amines) is 1. The number of rotatable bonds is 6. The third kappa shape index (κ3) is 3.59. The van der Waals surface area contributed by atoms with Crippen LogP contribution in [0.25, 0.3) is 0 Å². The molecule has 1 unspecified atom stereocenters. The van der Waals surface area contributed by atoms with Crippen molar-refractivity contribution in [3.8, 4) is 5.75 Å². The van der Waals surface area contributed by atoms with Crippen molar-refractivity contribution in [2.45, 2.75) is 19.9 Å². The molecule has 0 spiro atoms. The fourth-order valence-corrected chi connectivity index (χ4v) is 2.78. The van der Waals surface area contributed by atoms with Gasteiger partial charge in [0.05, 0.1) is 31.0 Å². The minimum Gasteiger partial charge on any atom is -0.492 e. The molecule has 6 heteroatoms. The highest BCUT2D eigenvalue weighted by atomic mass is 16.5. The SMILES string of the molecule is CCOc1ccccc1NC(=O)C1CC(=O)N(Cc2ccco2)C1. The second-order valence-electron chi connectivity index (χ2n) is 5.67. The summed E-state index contributed by atoms with van der Waals surface area (Å²) >= 11 is 0. The first kappa shape index (κ1) is 16.1. The highest BCUT2D eigenvalue weighted by Gasteiger charge is 2.34. The molecule has 6 nitrogen and oxygen atoms in total. The Morgan fingerprint density at radius 1 is 1.33 bits per heavy atom. The van der Waals surface area contributed by atoms with E-state index >= 15 is 0 Å². The zero-order valence-corrected chi connectivity index (χ0v) is 13.5. The average Bonchev–Trinajstić information content (AvgIpc) is 3.20. The van der Waals surface area contributed by atoms with E-state index < -0.39 is 0 Å². The van der Waals surface area contributed by atoms with Crippen LogP contribution in [0.2, 0.25) is 0 Å². The Labute approximate surface area is 140 Å². The lowest BCUT2D eigenvalue weighted by atomic mass is 10.1. The molecule has 2 aromatic rings. The van der Waals surface area contributed by atoms with Gasteiger partial charge < -0.3 is 19.4 Å². The van der Waals surface area contributed by atoms with Gasteiger partial charge in [-0.15, -0.1) is 0 Å². The second kappa shape index (κ2) is 7.21. The maximum atomic E-state index is 12.5. The van der Waals surface area contributed by atoms with Gasteiger partial charge in [-0.05, 0) is 31.2 Å². The molecule has 2 heterocycles. The number of hydrogen-bond donors (Lipinski definition) is 1. The predicted octanol–water partition coefficient (Wildman–Crippen LogP) is 2.67. The van der Waals surface area contributed by atoms with E-state index in [1.54, 1.807) is 23.3 Å². The fourth-order valence-electron chi connectivity index (χ4n) is 2.78. The minimum absolute atomic E-state index is 0.0374. The van der Waals surface area contributed by atoms with Gasteiger partial charge in [-0.2, -0.15) is 0 Å². The zero-order valence-electron chi connectivity index (χ0n) is 13.5. The van der Waals surface area contributed by atoms with E-state index in [0.717, 1.165) is 0 Å². The summed E-state index contributed by atoms with van der Waals surface area (Å²) in [6.07, 6.45) is 1.79. The maximum absolute atomic E-state index is 12.5. The Hall–Kier alpha value is -2.76. The highest BCUT2D eigenvalue weighted by molar-refractivity contribution is 5.98. The number of amides is 2. The summed E-state index contributed by atoms with van der Waals surface area (Å²) in [5.41, 5.74) is 0.626. The molecule has 1 N–H and O–H groups in total. The molecule has 0 saturated carbocycles. The van der Waals surface area contributed by atoms with Gasteiger partial charge in [0.2, 0.25) is 11.8 Å². The first-order chi connectivity index (χ1) is 11.7. The van der Waals surface area contributed by atoms with Crippen molar-refractivity contribution >= 4 is 17.5 Å². The van der Waals surface area contributed by atoms with Gasteiger partial charge in [-0.1, -0.05) is 12.1 Å². The van der Waals surface area contributed by atoms with Crippen molar-refractivity contribution in [3.63, 3.8) is 0 Å². The van der Waals surface area contributed by atoms with Crippen molar-refractivity contribution in [2.75, 3.05) is 18.5 Å². The Morgan fingerprint density at radius 2 is 2.17 bits per heavy atom. The van der Waals surface area contributed by atoms with Crippen LogP contribution in [0.15, 0.2) is 47.1 Å². The summed E-state index contributed by atoms with van der Waals surface area (Å²) < 4.78 is 10.8. The molecular formula is C18H20N2O4. The topological polar surface area (TPSA) is 71.8 Å². The molecule has 1 aliphatic heterocycles. The molecule has 1 saturated heterocycles. The van der Waals surface area contributed by atoms with Crippen LogP contribution in [0, 0.1) is 5.92 Å². The van der Waals surface area contributed by atoms with Crippen molar-refractivity contribution in [1.82, 2.24) is 4.90 Å². The average molecular weight is 328 g/mol. The number of anilines is 1. The lowest BCUT2D eigenvalue weighted by Gasteiger charge is -2.16. The van der Waals surface area contributed by atoms with Crippen LogP contribution in [0.3, 0.4) is 0 Å². The minimum atomic E-state index is -0.373. The summed E-state index contributed by atoms with van der Waals surface area (Å²) in [6, 6.07) is 10.9. The molecule has 0 radical (unpaired) electrons. The van der Waals surface area contributed by atoms with Crippen LogP contribution >= 0.6 is 0 Å². The van der Waals surface area contributed by atoms with Crippen LogP contribution in [0.5, 0.6) is 5.75 Å². The van der Waals surface area contributed by atoms with Gasteiger partial charge in [-0.25, -0.2) is 0 Å². The van der Waals surface area contributed by atoms with E-state index in [1.807, 2.05) is 31.2 Å². The molecule has 24 heavy (non-hydrogen) atoms. The lowest BCUT2D eigenvalue weighted by Crippen LogP contribution is -2.28. The standard InChI is InChI=1S/C18H20N2O4/c1-2-23-16-8-4-3-7-15(16)19-18(22)13-10-17(21)20(11-13)12-14-6-5-9-24-14/h3-9,13H,2,10-12H2,1H3,(H,19,22). The van der Waals surface area contributed by atoms with Gasteiger partial charge in [0.25, 0.3) is 0 Å². The molecule has 0 bridgehead atoms. The van der Waals surface area contributed by atoms with Crippen LogP contribution in [0.4, 0.5) is 5.69 Å². The van der Waals surface area contributed by atoms with Gasteiger partial charge in [0.1, 0.15) is 11.5 Å². The molecule has 1 aliphatic rings. The summed E-state index contributed by atoms with van der Waals surface area (Å²) in [5.74, 6) is 0.764. The van der Waals surface area contributed by atoms with Crippen LogP contribution in [-0.4, -0.2) is 29.9 Å². The van der Waals surface area contributed by atoms with E-state index in [0.29, 0.717) is 36.9 Å².